The zero-order valence-corrected chi connectivity index (χ0v) is 14.2. The molecule has 6 nitrogen and oxygen atoms in total. The third-order valence-electron chi connectivity index (χ3n) is 3.90. The Morgan fingerprint density at radius 2 is 1.87 bits per heavy atom. The predicted octanol–water partition coefficient (Wildman–Crippen LogP) is 1.84. The smallest absolute Gasteiger partial charge is 0.224 e. The van der Waals surface area contributed by atoms with E-state index >= 15 is 0 Å². The summed E-state index contributed by atoms with van der Waals surface area (Å²) in [6.45, 7) is 4.53. The maximum Gasteiger partial charge on any atom is 0.224 e. The molecule has 23 heavy (non-hydrogen) atoms. The summed E-state index contributed by atoms with van der Waals surface area (Å²) >= 11 is 6.06. The van der Waals surface area contributed by atoms with Gasteiger partial charge in [0.2, 0.25) is 11.8 Å². The van der Waals surface area contributed by atoms with E-state index < -0.39 is 0 Å². The van der Waals surface area contributed by atoms with Crippen LogP contribution < -0.4 is 10.1 Å². The van der Waals surface area contributed by atoms with Gasteiger partial charge in [-0.15, -0.1) is 0 Å². The van der Waals surface area contributed by atoms with Crippen LogP contribution in [0, 0.1) is 0 Å². The van der Waals surface area contributed by atoms with Crippen molar-refractivity contribution in [3.8, 4) is 5.75 Å². The number of hydrogen-bond donors (Lipinski definition) is 1. The number of nitrogens with one attached hydrogen (secondary N) is 1. The number of carbonyl (C=O) groups excluding carboxylic acids is 2. The molecule has 7 heteroatoms. The molecule has 0 spiro atoms. The molecule has 0 aromatic heterocycles. The van der Waals surface area contributed by atoms with Gasteiger partial charge in [0.05, 0.1) is 12.1 Å². The van der Waals surface area contributed by atoms with Gasteiger partial charge in [0, 0.05) is 51.8 Å². The van der Waals surface area contributed by atoms with Crippen LogP contribution >= 0.6 is 11.6 Å². The van der Waals surface area contributed by atoms with Crippen LogP contribution in [0.3, 0.4) is 0 Å². The van der Waals surface area contributed by atoms with Crippen LogP contribution in [0.25, 0.3) is 0 Å². The number of methoxy groups -OCH3 is 1. The van der Waals surface area contributed by atoms with E-state index in [1.54, 1.807) is 31.1 Å². The molecule has 1 aliphatic heterocycles. The zero-order valence-electron chi connectivity index (χ0n) is 13.5. The molecule has 0 atom stereocenters. The molecule has 126 valence electrons. The first-order valence-electron chi connectivity index (χ1n) is 7.62. The van der Waals surface area contributed by atoms with Crippen molar-refractivity contribution in [1.82, 2.24) is 9.80 Å². The molecular formula is C16H22ClN3O3. The molecule has 1 aliphatic rings. The maximum atomic E-state index is 12.2. The topological polar surface area (TPSA) is 61.9 Å². The molecule has 1 aromatic rings. The van der Waals surface area contributed by atoms with Crippen molar-refractivity contribution in [3.05, 3.63) is 23.2 Å². The molecule has 2 rings (SSSR count). The maximum absolute atomic E-state index is 12.2. The molecule has 0 saturated carbocycles. The quantitative estimate of drug-likeness (QED) is 0.889. The monoisotopic (exact) mass is 339 g/mol. The summed E-state index contributed by atoms with van der Waals surface area (Å²) in [7, 11) is 1.57. The minimum absolute atomic E-state index is 0.0650. The van der Waals surface area contributed by atoms with E-state index in [2.05, 4.69) is 5.32 Å². The van der Waals surface area contributed by atoms with E-state index in [1.165, 1.54) is 0 Å². The summed E-state index contributed by atoms with van der Waals surface area (Å²) in [5.74, 6) is 0.784. The summed E-state index contributed by atoms with van der Waals surface area (Å²) in [6, 6.07) is 5.42. The molecule has 0 unspecified atom stereocenters. The van der Waals surface area contributed by atoms with Gasteiger partial charge in [-0.05, 0) is 18.2 Å². The molecule has 0 radical (unpaired) electrons. The molecule has 1 N–H and O–H groups in total. The van der Waals surface area contributed by atoms with Crippen LogP contribution in [0.5, 0.6) is 5.75 Å². The second kappa shape index (κ2) is 8.06. The number of halogens is 1. The van der Waals surface area contributed by atoms with E-state index in [9.17, 15) is 9.59 Å². The van der Waals surface area contributed by atoms with Crippen LogP contribution in [0.1, 0.15) is 13.3 Å². The Hall–Kier alpha value is -1.95. The lowest BCUT2D eigenvalue weighted by molar-refractivity contribution is -0.138. The second-order valence-corrected chi connectivity index (χ2v) is 5.82. The zero-order chi connectivity index (χ0) is 16.8. The lowest BCUT2D eigenvalue weighted by atomic mass is 10.2. The van der Waals surface area contributed by atoms with Gasteiger partial charge in [-0.1, -0.05) is 11.6 Å². The Kier molecular flexibility index (Phi) is 6.10. The molecular weight excluding hydrogens is 318 g/mol. The number of anilines is 1. The van der Waals surface area contributed by atoms with Gasteiger partial charge in [-0.25, -0.2) is 0 Å². The first-order valence-corrected chi connectivity index (χ1v) is 7.99. The highest BCUT2D eigenvalue weighted by Crippen LogP contribution is 2.27. The summed E-state index contributed by atoms with van der Waals surface area (Å²) in [6.07, 6.45) is 0.406. The van der Waals surface area contributed by atoms with E-state index in [0.717, 1.165) is 5.69 Å². The van der Waals surface area contributed by atoms with Gasteiger partial charge in [-0.3, -0.25) is 9.59 Å². The number of benzene rings is 1. The first kappa shape index (κ1) is 17.4. The third-order valence-corrected chi connectivity index (χ3v) is 4.19. The fourth-order valence-electron chi connectivity index (χ4n) is 2.52. The van der Waals surface area contributed by atoms with Crippen molar-refractivity contribution in [2.75, 3.05) is 45.2 Å². The van der Waals surface area contributed by atoms with Crippen molar-refractivity contribution >= 4 is 29.1 Å². The van der Waals surface area contributed by atoms with E-state index in [0.29, 0.717) is 49.9 Å². The van der Waals surface area contributed by atoms with Gasteiger partial charge in [0.1, 0.15) is 5.75 Å². The SMILES string of the molecule is COc1ccc(NCCC(=O)N2CCN(C(C)=O)CC2)cc1Cl. The Balaban J connectivity index is 1.75. The molecule has 1 saturated heterocycles. The number of ether oxygens (including phenoxy) is 1. The van der Waals surface area contributed by atoms with Crippen molar-refractivity contribution in [2.24, 2.45) is 0 Å². The average Bonchev–Trinajstić information content (AvgIpc) is 2.55. The van der Waals surface area contributed by atoms with Gasteiger partial charge in [-0.2, -0.15) is 0 Å². The minimum Gasteiger partial charge on any atom is -0.495 e. The molecule has 1 fully saturated rings. The fraction of sp³-hybridized carbons (Fsp3) is 0.500. The van der Waals surface area contributed by atoms with E-state index in [1.807, 2.05) is 11.0 Å². The fourth-order valence-corrected chi connectivity index (χ4v) is 2.78. The van der Waals surface area contributed by atoms with Crippen LogP contribution in [0.4, 0.5) is 5.69 Å². The third kappa shape index (κ3) is 4.76. The molecule has 0 bridgehead atoms. The highest BCUT2D eigenvalue weighted by atomic mass is 35.5. The van der Waals surface area contributed by atoms with Crippen molar-refractivity contribution < 1.29 is 14.3 Å². The Bertz CT molecular complexity index is 572. The van der Waals surface area contributed by atoms with Crippen LogP contribution in [0.15, 0.2) is 18.2 Å². The summed E-state index contributed by atoms with van der Waals surface area (Å²) < 4.78 is 5.10. The second-order valence-electron chi connectivity index (χ2n) is 5.41. The number of carbonyl (C=O) groups is 2. The van der Waals surface area contributed by atoms with Gasteiger partial charge in [0.15, 0.2) is 0 Å². The van der Waals surface area contributed by atoms with E-state index in [4.69, 9.17) is 16.3 Å². The number of nitrogens with zero attached hydrogens (tertiary/aromatic N) is 2. The standard InChI is InChI=1S/C16H22ClN3O3/c1-12(21)19-7-9-20(10-8-19)16(22)5-6-18-13-3-4-15(23-2)14(17)11-13/h3-4,11,18H,5-10H2,1-2H3. The lowest BCUT2D eigenvalue weighted by Gasteiger charge is -2.34. The highest BCUT2D eigenvalue weighted by Gasteiger charge is 2.21. The van der Waals surface area contributed by atoms with Crippen LogP contribution in [0.2, 0.25) is 5.02 Å². The lowest BCUT2D eigenvalue weighted by Crippen LogP contribution is -2.50. The largest absolute Gasteiger partial charge is 0.495 e. The number of piperazine rings is 1. The average molecular weight is 340 g/mol. The summed E-state index contributed by atoms with van der Waals surface area (Å²) in [5.41, 5.74) is 0.852. The summed E-state index contributed by atoms with van der Waals surface area (Å²) in [5, 5.41) is 3.71. The van der Waals surface area contributed by atoms with E-state index in [-0.39, 0.29) is 11.8 Å². The van der Waals surface area contributed by atoms with Gasteiger partial charge < -0.3 is 19.9 Å². The number of amides is 2. The van der Waals surface area contributed by atoms with Crippen LogP contribution in [-0.2, 0) is 9.59 Å². The molecule has 2 amide bonds. The number of hydrogen-bond acceptors (Lipinski definition) is 4. The molecule has 1 heterocycles. The van der Waals surface area contributed by atoms with Gasteiger partial charge in [0.25, 0.3) is 0 Å². The number of rotatable bonds is 5. The minimum atomic E-state index is 0.0650. The normalized spacial score (nSPS) is 14.6. The predicted molar refractivity (Wildman–Crippen MR) is 89.9 cm³/mol. The Labute approximate surface area is 141 Å². The Morgan fingerprint density at radius 1 is 1.22 bits per heavy atom. The summed E-state index contributed by atoms with van der Waals surface area (Å²) in [4.78, 5) is 27.0. The van der Waals surface area contributed by atoms with Gasteiger partial charge >= 0.3 is 0 Å². The first-order chi connectivity index (χ1) is 11.0. The Morgan fingerprint density at radius 3 is 2.43 bits per heavy atom. The van der Waals surface area contributed by atoms with Crippen molar-refractivity contribution in [3.63, 3.8) is 0 Å². The molecule has 0 aliphatic carbocycles. The molecule has 1 aromatic carbocycles. The van der Waals surface area contributed by atoms with Crippen LogP contribution in [-0.4, -0.2) is 61.4 Å². The van der Waals surface area contributed by atoms with Crippen molar-refractivity contribution in [2.45, 2.75) is 13.3 Å². The highest BCUT2D eigenvalue weighted by molar-refractivity contribution is 6.32. The van der Waals surface area contributed by atoms with Crippen molar-refractivity contribution in [1.29, 1.82) is 0 Å².